The van der Waals surface area contributed by atoms with Crippen molar-refractivity contribution in [3.63, 3.8) is 0 Å². The molecule has 19 heavy (non-hydrogen) atoms. The van der Waals surface area contributed by atoms with Crippen molar-refractivity contribution in [3.05, 3.63) is 0 Å². The van der Waals surface area contributed by atoms with Crippen LogP contribution in [0.3, 0.4) is 0 Å². The molecular weight excluding hydrogens is 252 g/mol. The van der Waals surface area contributed by atoms with E-state index in [1.165, 1.54) is 38.0 Å². The predicted octanol–water partition coefficient (Wildman–Crippen LogP) is 3.36. The predicted molar refractivity (Wildman–Crippen MR) is 86.7 cm³/mol. The van der Waals surface area contributed by atoms with Gasteiger partial charge in [-0.15, -0.1) is 0 Å². The molecule has 2 N–H and O–H groups in total. The third-order valence-electron chi connectivity index (χ3n) is 5.68. The fourth-order valence-electron chi connectivity index (χ4n) is 4.12. The second kappa shape index (κ2) is 6.36. The first-order valence-corrected chi connectivity index (χ1v) is 9.13. The summed E-state index contributed by atoms with van der Waals surface area (Å²) in [4.78, 5) is 2.78. The molecule has 2 fully saturated rings. The van der Waals surface area contributed by atoms with Gasteiger partial charge < -0.3 is 5.73 Å². The van der Waals surface area contributed by atoms with Crippen LogP contribution in [0.5, 0.6) is 0 Å². The Bertz CT molecular complexity index is 294. The number of rotatable bonds is 3. The van der Waals surface area contributed by atoms with Crippen LogP contribution in [0, 0.1) is 11.8 Å². The summed E-state index contributed by atoms with van der Waals surface area (Å²) in [7, 11) is 0. The maximum absolute atomic E-state index is 6.29. The molecule has 4 unspecified atom stereocenters. The zero-order chi connectivity index (χ0) is 14.0. The molecule has 0 bridgehead atoms. The standard InChI is InChI=1S/C16H32N2S/c1-12(2)15-6-5-7-16(10-15,11-17)18-8-9-19-14(4)13(18)3/h12-15H,5-11,17H2,1-4H3. The molecule has 2 aliphatic rings. The van der Waals surface area contributed by atoms with Gasteiger partial charge in [0.05, 0.1) is 0 Å². The summed E-state index contributed by atoms with van der Waals surface area (Å²) in [5, 5.41) is 0.747. The summed E-state index contributed by atoms with van der Waals surface area (Å²) < 4.78 is 0. The molecule has 4 atom stereocenters. The minimum Gasteiger partial charge on any atom is -0.329 e. The van der Waals surface area contributed by atoms with Gasteiger partial charge in [-0.3, -0.25) is 4.90 Å². The quantitative estimate of drug-likeness (QED) is 0.862. The summed E-state index contributed by atoms with van der Waals surface area (Å²) in [5.74, 6) is 2.95. The van der Waals surface area contributed by atoms with Crippen molar-refractivity contribution < 1.29 is 0 Å². The van der Waals surface area contributed by atoms with E-state index in [9.17, 15) is 0 Å². The lowest BCUT2D eigenvalue weighted by molar-refractivity contribution is 0.00120. The molecule has 1 aliphatic heterocycles. The fourth-order valence-corrected chi connectivity index (χ4v) is 5.22. The SMILES string of the molecule is CC(C)C1CCCC(CN)(N2CCSC(C)C2C)C1. The first-order chi connectivity index (χ1) is 9.00. The van der Waals surface area contributed by atoms with Crippen LogP contribution < -0.4 is 5.73 Å². The Hall–Kier alpha value is 0.270. The number of thioether (sulfide) groups is 1. The van der Waals surface area contributed by atoms with Gasteiger partial charge in [-0.05, 0) is 31.6 Å². The lowest BCUT2D eigenvalue weighted by Crippen LogP contribution is -2.63. The van der Waals surface area contributed by atoms with Crippen LogP contribution in [0.4, 0.5) is 0 Å². The minimum atomic E-state index is 0.293. The number of hydrogen-bond acceptors (Lipinski definition) is 3. The van der Waals surface area contributed by atoms with Crippen molar-refractivity contribution in [3.8, 4) is 0 Å². The van der Waals surface area contributed by atoms with E-state index in [2.05, 4.69) is 44.4 Å². The van der Waals surface area contributed by atoms with Gasteiger partial charge >= 0.3 is 0 Å². The molecule has 1 saturated heterocycles. The topological polar surface area (TPSA) is 29.3 Å². The van der Waals surface area contributed by atoms with Gasteiger partial charge in [0.25, 0.3) is 0 Å². The highest BCUT2D eigenvalue weighted by atomic mass is 32.2. The van der Waals surface area contributed by atoms with E-state index >= 15 is 0 Å². The minimum absolute atomic E-state index is 0.293. The lowest BCUT2D eigenvalue weighted by Gasteiger charge is -2.54. The zero-order valence-corrected chi connectivity index (χ0v) is 14.0. The summed E-state index contributed by atoms with van der Waals surface area (Å²) in [6.45, 7) is 11.6. The number of hydrogen-bond donors (Lipinski definition) is 1. The van der Waals surface area contributed by atoms with Crippen LogP contribution in [0.15, 0.2) is 0 Å². The average molecular weight is 285 g/mol. The third-order valence-corrected chi connectivity index (χ3v) is 7.01. The Morgan fingerprint density at radius 1 is 1.37 bits per heavy atom. The second-order valence-electron chi connectivity index (χ2n) is 7.04. The highest BCUT2D eigenvalue weighted by Crippen LogP contribution is 2.42. The third kappa shape index (κ3) is 3.14. The van der Waals surface area contributed by atoms with Gasteiger partial charge in [-0.2, -0.15) is 11.8 Å². The van der Waals surface area contributed by atoms with E-state index in [0.29, 0.717) is 11.6 Å². The van der Waals surface area contributed by atoms with Crippen molar-refractivity contribution in [2.45, 2.75) is 70.2 Å². The summed E-state index contributed by atoms with van der Waals surface area (Å²) in [6, 6.07) is 0.674. The Morgan fingerprint density at radius 2 is 2.11 bits per heavy atom. The zero-order valence-electron chi connectivity index (χ0n) is 13.2. The van der Waals surface area contributed by atoms with Crippen LogP contribution in [0.25, 0.3) is 0 Å². The monoisotopic (exact) mass is 284 g/mol. The average Bonchev–Trinajstić information content (AvgIpc) is 2.41. The Labute approximate surface area is 123 Å². The van der Waals surface area contributed by atoms with Crippen LogP contribution in [0.1, 0.15) is 53.4 Å². The largest absolute Gasteiger partial charge is 0.329 e. The summed E-state index contributed by atoms with van der Waals surface area (Å²) in [6.07, 6.45) is 5.41. The van der Waals surface area contributed by atoms with Crippen molar-refractivity contribution in [2.75, 3.05) is 18.8 Å². The molecule has 0 aromatic heterocycles. The van der Waals surface area contributed by atoms with Crippen molar-refractivity contribution >= 4 is 11.8 Å². The fraction of sp³-hybridized carbons (Fsp3) is 1.00. The molecule has 0 aromatic carbocycles. The number of nitrogens with two attached hydrogens (primary N) is 1. The Balaban J connectivity index is 2.16. The van der Waals surface area contributed by atoms with Gasteiger partial charge in [0, 0.05) is 35.7 Å². The molecule has 3 heteroatoms. The van der Waals surface area contributed by atoms with E-state index in [4.69, 9.17) is 5.73 Å². The van der Waals surface area contributed by atoms with E-state index in [1.54, 1.807) is 0 Å². The molecule has 0 amide bonds. The normalized spacial score (nSPS) is 41.7. The highest BCUT2D eigenvalue weighted by molar-refractivity contribution is 8.00. The molecule has 1 saturated carbocycles. The van der Waals surface area contributed by atoms with Crippen LogP contribution in [-0.4, -0.2) is 40.6 Å². The molecular formula is C16H32N2S. The van der Waals surface area contributed by atoms with E-state index in [0.717, 1.165) is 23.6 Å². The van der Waals surface area contributed by atoms with Gasteiger partial charge in [0.2, 0.25) is 0 Å². The Kier molecular flexibility index (Phi) is 5.24. The van der Waals surface area contributed by atoms with Crippen LogP contribution in [-0.2, 0) is 0 Å². The van der Waals surface area contributed by atoms with E-state index in [1.807, 2.05) is 0 Å². The molecule has 2 nitrogen and oxygen atoms in total. The van der Waals surface area contributed by atoms with E-state index < -0.39 is 0 Å². The Morgan fingerprint density at radius 3 is 2.74 bits per heavy atom. The summed E-state index contributed by atoms with van der Waals surface area (Å²) in [5.41, 5.74) is 6.58. The number of nitrogens with zero attached hydrogens (tertiary/aromatic N) is 1. The summed E-state index contributed by atoms with van der Waals surface area (Å²) >= 11 is 2.13. The smallest absolute Gasteiger partial charge is 0.0338 e. The van der Waals surface area contributed by atoms with Gasteiger partial charge in [0.1, 0.15) is 0 Å². The van der Waals surface area contributed by atoms with Crippen LogP contribution in [0.2, 0.25) is 0 Å². The molecule has 0 aromatic rings. The van der Waals surface area contributed by atoms with Crippen molar-refractivity contribution in [2.24, 2.45) is 17.6 Å². The van der Waals surface area contributed by atoms with Gasteiger partial charge in [-0.25, -0.2) is 0 Å². The highest BCUT2D eigenvalue weighted by Gasteiger charge is 2.44. The van der Waals surface area contributed by atoms with Crippen molar-refractivity contribution in [1.82, 2.24) is 4.90 Å². The maximum Gasteiger partial charge on any atom is 0.0338 e. The molecule has 1 heterocycles. The second-order valence-corrected chi connectivity index (χ2v) is 8.52. The maximum atomic E-state index is 6.29. The first kappa shape index (κ1) is 15.7. The van der Waals surface area contributed by atoms with E-state index in [-0.39, 0.29) is 0 Å². The van der Waals surface area contributed by atoms with Gasteiger partial charge in [0.15, 0.2) is 0 Å². The molecule has 112 valence electrons. The van der Waals surface area contributed by atoms with Crippen molar-refractivity contribution in [1.29, 1.82) is 0 Å². The molecule has 0 radical (unpaired) electrons. The van der Waals surface area contributed by atoms with Crippen LogP contribution >= 0.6 is 11.8 Å². The molecule has 0 spiro atoms. The lowest BCUT2D eigenvalue weighted by atomic mass is 9.70. The van der Waals surface area contributed by atoms with Gasteiger partial charge in [-0.1, -0.05) is 33.6 Å². The molecule has 1 aliphatic carbocycles. The molecule has 2 rings (SSSR count). The first-order valence-electron chi connectivity index (χ1n) is 8.08.